The molecular weight excluding hydrogens is 457 g/mol. The molecule has 0 spiro atoms. The second kappa shape index (κ2) is 13.0. The standard InChI is InChI=1S/C12H14BrClO.C8H5NO2.K.H/c13-9-3-1-2-4-12(15)10-5-7-11(14)8-6-10;10-7-5-3-1-2-4-6(5)8(11)9-7;;/h5-8H,1-4,9H2;1-4H,(H,9,10,11);;. The number of carbonyl (C=O) groups is 3. The number of amides is 2. The number of unbranched alkanes of at least 4 members (excludes halogenated alkanes) is 2. The number of rotatable bonds is 6. The van der Waals surface area contributed by atoms with Crippen LogP contribution >= 0.6 is 27.5 Å². The van der Waals surface area contributed by atoms with Crippen LogP contribution in [0.2, 0.25) is 5.02 Å². The van der Waals surface area contributed by atoms with Gasteiger partial charge in [0.2, 0.25) is 0 Å². The molecule has 3 rings (SSSR count). The van der Waals surface area contributed by atoms with Crippen molar-refractivity contribution in [3.8, 4) is 0 Å². The number of hydrogen-bond acceptors (Lipinski definition) is 3. The molecule has 0 unspecified atom stereocenters. The van der Waals surface area contributed by atoms with Gasteiger partial charge in [-0.1, -0.05) is 46.1 Å². The molecule has 0 saturated carbocycles. The number of fused-ring (bicyclic) bond motifs is 1. The molecule has 0 fully saturated rings. The van der Waals surface area contributed by atoms with Crippen molar-refractivity contribution in [1.82, 2.24) is 5.32 Å². The molecule has 138 valence electrons. The van der Waals surface area contributed by atoms with E-state index in [1.54, 1.807) is 48.5 Å². The van der Waals surface area contributed by atoms with Crippen LogP contribution in [-0.4, -0.2) is 74.3 Å². The first kappa shape index (κ1) is 24.7. The van der Waals surface area contributed by atoms with Gasteiger partial charge in [0, 0.05) is 22.3 Å². The molecule has 0 aliphatic carbocycles. The van der Waals surface area contributed by atoms with Gasteiger partial charge in [-0.3, -0.25) is 19.7 Å². The molecule has 2 amide bonds. The van der Waals surface area contributed by atoms with E-state index in [4.69, 9.17) is 11.6 Å². The minimum atomic E-state index is -0.300. The van der Waals surface area contributed by atoms with E-state index in [9.17, 15) is 14.4 Å². The van der Waals surface area contributed by atoms with Crippen LogP contribution in [-0.2, 0) is 0 Å². The normalized spacial score (nSPS) is 11.6. The average molecular weight is 477 g/mol. The zero-order valence-electron chi connectivity index (χ0n) is 14.1. The Labute approximate surface area is 215 Å². The number of nitrogens with one attached hydrogen (secondary N) is 1. The Hall–Kier alpha value is -0.344. The van der Waals surface area contributed by atoms with E-state index in [0.29, 0.717) is 22.6 Å². The molecule has 2 aromatic rings. The van der Waals surface area contributed by atoms with E-state index in [0.717, 1.165) is 30.2 Å². The monoisotopic (exact) mass is 475 g/mol. The number of hydrogen-bond donors (Lipinski definition) is 1. The number of alkyl halides is 1. The first-order valence-electron chi connectivity index (χ1n) is 8.32. The predicted octanol–water partition coefficient (Wildman–Crippen LogP) is 4.40. The first-order valence-corrected chi connectivity index (χ1v) is 9.82. The summed E-state index contributed by atoms with van der Waals surface area (Å²) in [6, 6.07) is 13.8. The molecule has 1 heterocycles. The van der Waals surface area contributed by atoms with E-state index in [-0.39, 0.29) is 69.0 Å². The van der Waals surface area contributed by atoms with E-state index in [1.807, 2.05) is 0 Å². The zero-order valence-corrected chi connectivity index (χ0v) is 16.5. The average Bonchev–Trinajstić information content (AvgIpc) is 2.94. The van der Waals surface area contributed by atoms with Crippen molar-refractivity contribution in [2.45, 2.75) is 25.7 Å². The summed E-state index contributed by atoms with van der Waals surface area (Å²) >= 11 is 9.12. The van der Waals surface area contributed by atoms with Crippen LogP contribution in [0.3, 0.4) is 0 Å². The predicted molar refractivity (Wildman–Crippen MR) is 113 cm³/mol. The Morgan fingerprint density at radius 2 is 1.44 bits per heavy atom. The third kappa shape index (κ3) is 7.89. The van der Waals surface area contributed by atoms with Crippen LogP contribution in [0, 0.1) is 0 Å². The van der Waals surface area contributed by atoms with Gasteiger partial charge in [-0.2, -0.15) is 0 Å². The fourth-order valence-corrected chi connectivity index (χ4v) is 2.98. The summed E-state index contributed by atoms with van der Waals surface area (Å²) in [5.41, 5.74) is 1.70. The number of halogens is 2. The van der Waals surface area contributed by atoms with Crippen molar-refractivity contribution >= 4 is 96.5 Å². The van der Waals surface area contributed by atoms with Crippen LogP contribution in [0.25, 0.3) is 0 Å². The van der Waals surface area contributed by atoms with Gasteiger partial charge in [-0.15, -0.1) is 0 Å². The van der Waals surface area contributed by atoms with Gasteiger partial charge < -0.3 is 0 Å². The number of Topliss-reactive ketones (excluding diaryl/α,β-unsaturated/α-hetero) is 1. The second-order valence-electron chi connectivity index (χ2n) is 5.76. The fraction of sp³-hybridized carbons (Fsp3) is 0.250. The summed E-state index contributed by atoms with van der Waals surface area (Å²) in [6.45, 7) is 0. The van der Waals surface area contributed by atoms with E-state index >= 15 is 0 Å². The van der Waals surface area contributed by atoms with Gasteiger partial charge in [0.05, 0.1) is 11.1 Å². The maximum atomic E-state index is 11.7. The molecule has 1 N–H and O–H groups in total. The van der Waals surface area contributed by atoms with Gasteiger partial charge in [-0.05, 0) is 49.2 Å². The van der Waals surface area contributed by atoms with Crippen molar-refractivity contribution in [2.24, 2.45) is 0 Å². The van der Waals surface area contributed by atoms with Gasteiger partial charge >= 0.3 is 51.4 Å². The van der Waals surface area contributed by atoms with Crippen molar-refractivity contribution in [1.29, 1.82) is 0 Å². The molecule has 0 radical (unpaired) electrons. The van der Waals surface area contributed by atoms with Crippen LogP contribution in [0.4, 0.5) is 0 Å². The molecule has 0 aromatic heterocycles. The molecule has 0 atom stereocenters. The molecule has 2 aromatic carbocycles. The van der Waals surface area contributed by atoms with Gasteiger partial charge in [0.1, 0.15) is 0 Å². The summed E-state index contributed by atoms with van der Waals surface area (Å²) in [6.07, 6.45) is 3.83. The molecule has 4 nitrogen and oxygen atoms in total. The van der Waals surface area contributed by atoms with E-state index in [1.165, 1.54) is 0 Å². The van der Waals surface area contributed by atoms with E-state index in [2.05, 4.69) is 21.2 Å². The summed E-state index contributed by atoms with van der Waals surface area (Å²) < 4.78 is 0. The Balaban J connectivity index is 0.000000270. The molecular formula is C20H20BrClKNO3. The van der Waals surface area contributed by atoms with Gasteiger partial charge in [0.25, 0.3) is 11.8 Å². The van der Waals surface area contributed by atoms with Crippen molar-refractivity contribution in [2.75, 3.05) is 5.33 Å². The Bertz CT molecular complexity index is 763. The molecule has 0 bridgehead atoms. The quantitative estimate of drug-likeness (QED) is 0.221. The van der Waals surface area contributed by atoms with E-state index < -0.39 is 0 Å². The Kier molecular flexibility index (Phi) is 11.9. The minimum absolute atomic E-state index is 0. The maximum absolute atomic E-state index is 11.7. The van der Waals surface area contributed by atoms with Crippen LogP contribution in [0.5, 0.6) is 0 Å². The SMILES string of the molecule is O=C(CCCCCBr)c1ccc(Cl)cc1.O=C1NC(=O)c2ccccc21.[KH]. The Morgan fingerprint density at radius 1 is 0.889 bits per heavy atom. The zero-order chi connectivity index (χ0) is 18.9. The molecule has 27 heavy (non-hydrogen) atoms. The van der Waals surface area contributed by atoms with Crippen molar-refractivity contribution in [3.05, 3.63) is 70.2 Å². The van der Waals surface area contributed by atoms with Gasteiger partial charge in [0.15, 0.2) is 5.78 Å². The number of benzene rings is 2. The van der Waals surface area contributed by atoms with Gasteiger partial charge in [-0.25, -0.2) is 0 Å². The number of carbonyl (C=O) groups excluding carboxylic acids is 3. The summed E-state index contributed by atoms with van der Waals surface area (Å²) in [7, 11) is 0. The Morgan fingerprint density at radius 3 is 1.96 bits per heavy atom. The molecule has 1 aliphatic rings. The summed E-state index contributed by atoms with van der Waals surface area (Å²) in [5.74, 6) is -0.391. The molecule has 7 heteroatoms. The third-order valence-corrected chi connectivity index (χ3v) is 4.66. The first-order chi connectivity index (χ1) is 12.5. The van der Waals surface area contributed by atoms with Crippen LogP contribution < -0.4 is 5.32 Å². The van der Waals surface area contributed by atoms with Crippen LogP contribution in [0.15, 0.2) is 48.5 Å². The van der Waals surface area contributed by atoms with Crippen molar-refractivity contribution < 1.29 is 14.4 Å². The summed E-state index contributed by atoms with van der Waals surface area (Å²) in [4.78, 5) is 33.6. The van der Waals surface area contributed by atoms with Crippen molar-refractivity contribution in [3.63, 3.8) is 0 Å². The fourth-order valence-electron chi connectivity index (χ4n) is 2.45. The third-order valence-electron chi connectivity index (χ3n) is 3.85. The molecule has 0 saturated heterocycles. The topological polar surface area (TPSA) is 63.2 Å². The second-order valence-corrected chi connectivity index (χ2v) is 6.99. The summed E-state index contributed by atoms with van der Waals surface area (Å²) in [5, 5.41) is 3.89. The number of ketones is 1. The number of imide groups is 1. The molecule has 1 aliphatic heterocycles. The van der Waals surface area contributed by atoms with Crippen LogP contribution in [0.1, 0.15) is 56.8 Å².